The molecule has 21 heavy (non-hydrogen) atoms. The van der Waals surface area contributed by atoms with Crippen LogP contribution in [0, 0.1) is 6.92 Å². The average molecular weight is 344 g/mol. The first-order valence-electron chi connectivity index (χ1n) is 6.89. The highest BCUT2D eigenvalue weighted by Gasteiger charge is 2.19. The molecule has 0 spiro atoms. The van der Waals surface area contributed by atoms with Gasteiger partial charge in [-0.1, -0.05) is 42.3 Å². The maximum atomic E-state index is 6.34. The van der Waals surface area contributed by atoms with E-state index >= 15 is 0 Å². The number of benzene rings is 1. The van der Waals surface area contributed by atoms with E-state index < -0.39 is 0 Å². The Morgan fingerprint density at radius 3 is 2.57 bits per heavy atom. The lowest BCUT2D eigenvalue weighted by Crippen LogP contribution is -2.23. The van der Waals surface area contributed by atoms with E-state index in [0.29, 0.717) is 4.34 Å². The Morgan fingerprint density at radius 1 is 1.29 bits per heavy atom. The molecular formula is C16H19Cl2NOS. The van der Waals surface area contributed by atoms with Crippen molar-refractivity contribution in [3.63, 3.8) is 0 Å². The second-order valence-corrected chi connectivity index (χ2v) is 7.18. The van der Waals surface area contributed by atoms with Crippen LogP contribution in [-0.4, -0.2) is 13.7 Å². The highest BCUT2D eigenvalue weighted by atomic mass is 35.5. The first-order chi connectivity index (χ1) is 10.1. The van der Waals surface area contributed by atoms with Gasteiger partial charge in [-0.15, -0.1) is 11.3 Å². The van der Waals surface area contributed by atoms with Crippen molar-refractivity contribution in [2.75, 3.05) is 13.7 Å². The van der Waals surface area contributed by atoms with Gasteiger partial charge in [0.15, 0.2) is 0 Å². The molecule has 0 fully saturated rings. The Balaban J connectivity index is 2.40. The minimum absolute atomic E-state index is 0.0470. The van der Waals surface area contributed by atoms with Gasteiger partial charge in [-0.05, 0) is 43.1 Å². The Labute approximate surface area is 140 Å². The third-order valence-electron chi connectivity index (χ3n) is 3.34. The number of methoxy groups -OCH3 is 1. The summed E-state index contributed by atoms with van der Waals surface area (Å²) in [6.45, 7) is 5.10. The zero-order chi connectivity index (χ0) is 15.4. The van der Waals surface area contributed by atoms with Crippen LogP contribution in [-0.2, 0) is 0 Å². The molecule has 1 unspecified atom stereocenters. The van der Waals surface area contributed by atoms with Crippen LogP contribution in [0.25, 0.3) is 0 Å². The van der Waals surface area contributed by atoms with E-state index in [1.165, 1.54) is 11.3 Å². The normalized spacial score (nSPS) is 12.4. The van der Waals surface area contributed by atoms with E-state index in [9.17, 15) is 0 Å². The van der Waals surface area contributed by atoms with E-state index in [4.69, 9.17) is 27.9 Å². The van der Waals surface area contributed by atoms with E-state index in [1.54, 1.807) is 7.11 Å². The van der Waals surface area contributed by atoms with Crippen molar-refractivity contribution >= 4 is 34.5 Å². The van der Waals surface area contributed by atoms with Crippen LogP contribution < -0.4 is 10.1 Å². The topological polar surface area (TPSA) is 21.3 Å². The zero-order valence-electron chi connectivity index (χ0n) is 12.4. The minimum atomic E-state index is 0.0470. The van der Waals surface area contributed by atoms with Crippen molar-refractivity contribution in [1.82, 2.24) is 5.32 Å². The van der Waals surface area contributed by atoms with Crippen LogP contribution >= 0.6 is 34.5 Å². The molecule has 0 amide bonds. The molecule has 0 saturated carbocycles. The van der Waals surface area contributed by atoms with Crippen LogP contribution in [0.5, 0.6) is 5.75 Å². The van der Waals surface area contributed by atoms with Crippen molar-refractivity contribution in [2.24, 2.45) is 0 Å². The molecule has 0 bridgehead atoms. The number of nitrogens with one attached hydrogen (secondary N) is 1. The third kappa shape index (κ3) is 3.92. The molecule has 0 radical (unpaired) electrons. The second kappa shape index (κ2) is 7.50. The van der Waals surface area contributed by atoms with Gasteiger partial charge in [0.05, 0.1) is 21.8 Å². The fourth-order valence-electron chi connectivity index (χ4n) is 2.33. The minimum Gasteiger partial charge on any atom is -0.496 e. The van der Waals surface area contributed by atoms with Crippen molar-refractivity contribution in [3.05, 3.63) is 49.6 Å². The summed E-state index contributed by atoms with van der Waals surface area (Å²) in [6, 6.07) is 8.19. The first-order valence-corrected chi connectivity index (χ1v) is 8.46. The predicted molar refractivity (Wildman–Crippen MR) is 92.2 cm³/mol. The number of thiophene rings is 1. The molecule has 1 aromatic carbocycles. The number of rotatable bonds is 6. The lowest BCUT2D eigenvalue weighted by molar-refractivity contribution is 0.411. The maximum absolute atomic E-state index is 6.34. The molecule has 1 atom stereocenters. The molecule has 1 aromatic heterocycles. The zero-order valence-corrected chi connectivity index (χ0v) is 14.7. The fraction of sp³-hybridized carbons (Fsp3) is 0.375. The number of hydrogen-bond acceptors (Lipinski definition) is 3. The van der Waals surface area contributed by atoms with Crippen molar-refractivity contribution < 1.29 is 4.74 Å². The molecule has 0 aliphatic carbocycles. The summed E-state index contributed by atoms with van der Waals surface area (Å²) >= 11 is 13.8. The second-order valence-electron chi connectivity index (χ2n) is 4.90. The van der Waals surface area contributed by atoms with Gasteiger partial charge in [-0.2, -0.15) is 0 Å². The summed E-state index contributed by atoms with van der Waals surface area (Å²) in [5.41, 5.74) is 3.30. The quantitative estimate of drug-likeness (QED) is 0.751. The Bertz CT molecular complexity index is 612. The smallest absolute Gasteiger partial charge is 0.121 e. The largest absolute Gasteiger partial charge is 0.496 e. The van der Waals surface area contributed by atoms with Gasteiger partial charge in [0, 0.05) is 5.56 Å². The first kappa shape index (κ1) is 16.6. The van der Waals surface area contributed by atoms with Crippen LogP contribution in [0.15, 0.2) is 24.3 Å². The van der Waals surface area contributed by atoms with Gasteiger partial charge in [0.2, 0.25) is 0 Å². The van der Waals surface area contributed by atoms with Gasteiger partial charge in [-0.3, -0.25) is 0 Å². The molecule has 2 aromatic rings. The SMILES string of the molecule is CCCNC(c1ccc(OC)c(C)c1)c1cc(Cl)sc1Cl. The molecule has 2 nitrogen and oxygen atoms in total. The molecule has 1 N–H and O–H groups in total. The summed E-state index contributed by atoms with van der Waals surface area (Å²) in [4.78, 5) is 0. The number of ether oxygens (including phenoxy) is 1. The summed E-state index contributed by atoms with van der Waals surface area (Å²) < 4.78 is 6.78. The average Bonchev–Trinajstić information content (AvgIpc) is 2.78. The van der Waals surface area contributed by atoms with Crippen LogP contribution in [0.1, 0.15) is 36.1 Å². The molecule has 2 rings (SSSR count). The lowest BCUT2D eigenvalue weighted by atomic mass is 9.99. The Kier molecular flexibility index (Phi) is 5.94. The molecule has 0 aliphatic rings. The van der Waals surface area contributed by atoms with Crippen LogP contribution in [0.4, 0.5) is 0 Å². The summed E-state index contributed by atoms with van der Waals surface area (Å²) in [5, 5.41) is 3.54. The van der Waals surface area contributed by atoms with Gasteiger partial charge >= 0.3 is 0 Å². The van der Waals surface area contributed by atoms with E-state index in [-0.39, 0.29) is 6.04 Å². The summed E-state index contributed by atoms with van der Waals surface area (Å²) in [5.74, 6) is 0.891. The third-order valence-corrected chi connectivity index (χ3v) is 4.86. The maximum Gasteiger partial charge on any atom is 0.121 e. The molecule has 1 heterocycles. The van der Waals surface area contributed by atoms with Crippen LogP contribution in [0.3, 0.4) is 0 Å². The highest BCUT2D eigenvalue weighted by molar-refractivity contribution is 7.20. The van der Waals surface area contributed by atoms with E-state index in [2.05, 4.69) is 24.4 Å². The van der Waals surface area contributed by atoms with Gasteiger partial charge < -0.3 is 10.1 Å². The fourth-order valence-corrected chi connectivity index (χ4v) is 3.86. The highest BCUT2D eigenvalue weighted by Crippen LogP contribution is 2.38. The van der Waals surface area contributed by atoms with Crippen molar-refractivity contribution in [3.8, 4) is 5.75 Å². The number of halogens is 2. The van der Waals surface area contributed by atoms with Gasteiger partial charge in [0.1, 0.15) is 5.75 Å². The standard InChI is InChI=1S/C16H19Cl2NOS/c1-4-7-19-15(12-9-14(17)21-16(12)18)11-5-6-13(20-3)10(2)8-11/h5-6,8-9,15,19H,4,7H2,1-3H3. The van der Waals surface area contributed by atoms with Crippen LogP contribution in [0.2, 0.25) is 8.67 Å². The molecule has 0 aliphatic heterocycles. The summed E-state index contributed by atoms with van der Waals surface area (Å²) in [7, 11) is 1.68. The molecule has 114 valence electrons. The monoisotopic (exact) mass is 343 g/mol. The predicted octanol–water partition coefficient (Wildman–Crippen LogP) is 5.46. The molecular weight excluding hydrogens is 325 g/mol. The number of aryl methyl sites for hydroxylation is 1. The number of hydrogen-bond donors (Lipinski definition) is 1. The van der Waals surface area contributed by atoms with E-state index in [1.807, 2.05) is 19.1 Å². The summed E-state index contributed by atoms with van der Waals surface area (Å²) in [6.07, 6.45) is 1.06. The Hall–Kier alpha value is -0.740. The Morgan fingerprint density at radius 2 is 2.05 bits per heavy atom. The molecule has 0 saturated heterocycles. The van der Waals surface area contributed by atoms with Crippen molar-refractivity contribution in [2.45, 2.75) is 26.3 Å². The van der Waals surface area contributed by atoms with Gasteiger partial charge in [-0.25, -0.2) is 0 Å². The molecule has 5 heteroatoms. The van der Waals surface area contributed by atoms with E-state index in [0.717, 1.165) is 39.7 Å². The van der Waals surface area contributed by atoms with Gasteiger partial charge in [0.25, 0.3) is 0 Å². The lowest BCUT2D eigenvalue weighted by Gasteiger charge is -2.20. The van der Waals surface area contributed by atoms with Crippen molar-refractivity contribution in [1.29, 1.82) is 0 Å².